The molecule has 30 heavy (non-hydrogen) atoms. The van der Waals surface area contributed by atoms with Crippen LogP contribution in [0.2, 0.25) is 5.02 Å². The van der Waals surface area contributed by atoms with E-state index in [4.69, 9.17) is 11.6 Å². The molecule has 0 N–H and O–H groups in total. The van der Waals surface area contributed by atoms with E-state index >= 15 is 0 Å². The van der Waals surface area contributed by atoms with Crippen LogP contribution in [0.4, 0.5) is 13.2 Å². The van der Waals surface area contributed by atoms with Gasteiger partial charge in [-0.25, -0.2) is 14.0 Å². The number of halogens is 4. The molecule has 0 bridgehead atoms. The highest BCUT2D eigenvalue weighted by Crippen LogP contribution is 2.29. The molecule has 3 aromatic rings. The number of hydrogen-bond donors (Lipinski definition) is 0. The molecule has 0 saturated heterocycles. The van der Waals surface area contributed by atoms with E-state index in [0.717, 1.165) is 11.7 Å². The van der Waals surface area contributed by atoms with E-state index < -0.39 is 29.1 Å². The van der Waals surface area contributed by atoms with Crippen molar-refractivity contribution in [2.24, 2.45) is 7.05 Å². The number of rotatable bonds is 4. The van der Waals surface area contributed by atoms with Crippen molar-refractivity contribution in [1.29, 1.82) is 0 Å². The first-order valence-electron chi connectivity index (χ1n) is 8.08. The summed E-state index contributed by atoms with van der Waals surface area (Å²) in [4.78, 5) is 36.3. The number of hydrogen-bond acceptors (Lipinski definition) is 7. The number of aromatic nitrogens is 6. The van der Waals surface area contributed by atoms with Crippen molar-refractivity contribution in [3.05, 3.63) is 55.8 Å². The molecule has 0 spiro atoms. The summed E-state index contributed by atoms with van der Waals surface area (Å²) >= 11 is 6.17. The Morgan fingerprint density at radius 3 is 2.57 bits per heavy atom. The van der Waals surface area contributed by atoms with Crippen LogP contribution in [0, 0.1) is 0 Å². The Morgan fingerprint density at radius 1 is 1.23 bits per heavy atom. The molecule has 0 aliphatic carbocycles. The normalized spacial score (nSPS) is 11.5. The van der Waals surface area contributed by atoms with Gasteiger partial charge in [0.05, 0.1) is 17.8 Å². The molecule has 2 heterocycles. The number of benzene rings is 1. The second-order valence-electron chi connectivity index (χ2n) is 5.94. The van der Waals surface area contributed by atoms with Crippen LogP contribution < -0.4 is 11.2 Å². The van der Waals surface area contributed by atoms with Crippen molar-refractivity contribution in [1.82, 2.24) is 29.3 Å². The Hall–Kier alpha value is -3.48. The number of alkyl halides is 3. The average molecular weight is 445 g/mol. The number of methoxy groups -OCH3 is 1. The van der Waals surface area contributed by atoms with E-state index in [1.165, 1.54) is 25.3 Å². The Morgan fingerprint density at radius 2 is 1.93 bits per heavy atom. The summed E-state index contributed by atoms with van der Waals surface area (Å²) in [5.74, 6) is -0.632. The van der Waals surface area contributed by atoms with Gasteiger partial charge in [0, 0.05) is 18.7 Å². The molecule has 3 rings (SSSR count). The van der Waals surface area contributed by atoms with Gasteiger partial charge in [-0.15, -0.1) is 5.10 Å². The molecule has 158 valence electrons. The minimum Gasteiger partial charge on any atom is -0.468 e. The van der Waals surface area contributed by atoms with Crippen LogP contribution >= 0.6 is 11.6 Å². The molecule has 0 atom stereocenters. The smallest absolute Gasteiger partial charge is 0.431 e. The number of nitrogens with zero attached hydrogens (tertiary/aromatic N) is 6. The van der Waals surface area contributed by atoms with Gasteiger partial charge in [-0.1, -0.05) is 11.6 Å². The van der Waals surface area contributed by atoms with Crippen molar-refractivity contribution in [2.45, 2.75) is 12.7 Å². The fourth-order valence-corrected chi connectivity index (χ4v) is 2.85. The summed E-state index contributed by atoms with van der Waals surface area (Å²) < 4.78 is 45.6. The molecule has 14 heteroatoms. The van der Waals surface area contributed by atoms with Crippen molar-refractivity contribution < 1.29 is 22.7 Å². The molecular formula is C16H12ClF3N6O4. The van der Waals surface area contributed by atoms with E-state index in [2.05, 4.69) is 20.3 Å². The molecule has 0 unspecified atom stereocenters. The number of ether oxygens (including phenoxy) is 1. The quantitative estimate of drug-likeness (QED) is 0.552. The second kappa shape index (κ2) is 7.74. The van der Waals surface area contributed by atoms with Gasteiger partial charge in [-0.3, -0.25) is 14.2 Å². The summed E-state index contributed by atoms with van der Waals surface area (Å²) in [7, 11) is 2.07. The SMILES string of the molecule is COC(=O)Cn1nnnc1-c1cc(-n2c(=O)cc(C(F)(F)F)n(C)c2=O)ccc1Cl. The van der Waals surface area contributed by atoms with Gasteiger partial charge >= 0.3 is 17.8 Å². The Balaban J connectivity index is 2.18. The highest BCUT2D eigenvalue weighted by Gasteiger charge is 2.35. The highest BCUT2D eigenvalue weighted by atomic mass is 35.5. The summed E-state index contributed by atoms with van der Waals surface area (Å²) in [5, 5.41) is 11.0. The van der Waals surface area contributed by atoms with Gasteiger partial charge in [-0.05, 0) is 28.6 Å². The van der Waals surface area contributed by atoms with Crippen molar-refractivity contribution in [3.8, 4) is 17.1 Å². The maximum Gasteiger partial charge on any atom is 0.431 e. The number of tetrazole rings is 1. The van der Waals surface area contributed by atoms with E-state index in [-0.39, 0.29) is 28.6 Å². The fourth-order valence-electron chi connectivity index (χ4n) is 2.65. The summed E-state index contributed by atoms with van der Waals surface area (Å²) in [6.07, 6.45) is -4.88. The highest BCUT2D eigenvalue weighted by molar-refractivity contribution is 6.33. The predicted molar refractivity (Wildman–Crippen MR) is 96.1 cm³/mol. The average Bonchev–Trinajstić information content (AvgIpc) is 3.12. The monoisotopic (exact) mass is 444 g/mol. The van der Waals surface area contributed by atoms with Crippen molar-refractivity contribution in [2.75, 3.05) is 7.11 Å². The zero-order valence-electron chi connectivity index (χ0n) is 15.3. The zero-order chi connectivity index (χ0) is 22.2. The van der Waals surface area contributed by atoms with Gasteiger partial charge in [0.25, 0.3) is 5.56 Å². The van der Waals surface area contributed by atoms with Crippen LogP contribution in [0.1, 0.15) is 5.69 Å². The van der Waals surface area contributed by atoms with E-state index in [1.807, 2.05) is 0 Å². The van der Waals surface area contributed by atoms with Gasteiger partial charge in [0.15, 0.2) is 5.82 Å². The minimum absolute atomic E-state index is 0.0176. The lowest BCUT2D eigenvalue weighted by Gasteiger charge is -2.14. The third-order valence-electron chi connectivity index (χ3n) is 4.10. The molecule has 0 radical (unpaired) electrons. The van der Waals surface area contributed by atoms with Crippen LogP contribution in [0.15, 0.2) is 33.9 Å². The standard InChI is InChI=1S/C16H12ClF3N6O4/c1-24-11(16(18,19)20)6-12(27)26(15(24)29)8-3-4-10(17)9(5-8)14-21-22-23-25(14)7-13(28)30-2/h3-6H,7H2,1-2H3. The van der Waals surface area contributed by atoms with E-state index in [0.29, 0.717) is 15.2 Å². The minimum atomic E-state index is -4.88. The molecule has 10 nitrogen and oxygen atoms in total. The Bertz CT molecular complexity index is 1250. The molecule has 0 aliphatic heterocycles. The lowest BCUT2D eigenvalue weighted by Crippen LogP contribution is -2.40. The molecular weight excluding hydrogens is 433 g/mol. The summed E-state index contributed by atoms with van der Waals surface area (Å²) in [6.45, 7) is -0.346. The van der Waals surface area contributed by atoms with Crippen LogP contribution in [-0.4, -0.2) is 42.4 Å². The van der Waals surface area contributed by atoms with E-state index in [1.54, 1.807) is 0 Å². The third kappa shape index (κ3) is 3.83. The first-order chi connectivity index (χ1) is 14.0. The fraction of sp³-hybridized carbons (Fsp3) is 0.250. The van der Waals surface area contributed by atoms with Gasteiger partial charge in [-0.2, -0.15) is 13.2 Å². The summed E-state index contributed by atoms with van der Waals surface area (Å²) in [6, 6.07) is 4.15. The number of esters is 1. The lowest BCUT2D eigenvalue weighted by atomic mass is 10.2. The first-order valence-corrected chi connectivity index (χ1v) is 8.46. The van der Waals surface area contributed by atoms with Crippen LogP contribution in [0.25, 0.3) is 17.1 Å². The Labute approximate surface area is 170 Å². The predicted octanol–water partition coefficient (Wildman–Crippen LogP) is 1.03. The molecule has 1 aromatic carbocycles. The van der Waals surface area contributed by atoms with Gasteiger partial charge in [0.2, 0.25) is 0 Å². The van der Waals surface area contributed by atoms with Crippen molar-refractivity contribution in [3.63, 3.8) is 0 Å². The number of carbonyl (C=O) groups excluding carboxylic acids is 1. The van der Waals surface area contributed by atoms with Crippen LogP contribution in [0.3, 0.4) is 0 Å². The van der Waals surface area contributed by atoms with Crippen LogP contribution in [0.5, 0.6) is 0 Å². The lowest BCUT2D eigenvalue weighted by molar-refractivity contribution is -0.144. The van der Waals surface area contributed by atoms with Crippen LogP contribution in [-0.2, 0) is 29.3 Å². The maximum atomic E-state index is 13.0. The largest absolute Gasteiger partial charge is 0.468 e. The first kappa shape index (κ1) is 21.2. The van der Waals surface area contributed by atoms with Gasteiger partial charge < -0.3 is 4.74 Å². The molecule has 2 aromatic heterocycles. The topological polar surface area (TPSA) is 114 Å². The molecule has 0 fully saturated rings. The number of carbonyl (C=O) groups is 1. The van der Waals surface area contributed by atoms with Gasteiger partial charge in [0.1, 0.15) is 12.2 Å². The molecule has 0 amide bonds. The summed E-state index contributed by atoms with van der Waals surface area (Å²) in [5.41, 5.74) is -3.71. The molecule has 0 aliphatic rings. The molecule has 0 saturated carbocycles. The Kier molecular flexibility index (Phi) is 5.48. The van der Waals surface area contributed by atoms with E-state index in [9.17, 15) is 27.6 Å². The second-order valence-corrected chi connectivity index (χ2v) is 6.35. The maximum absolute atomic E-state index is 13.0. The third-order valence-corrected chi connectivity index (χ3v) is 4.43. The zero-order valence-corrected chi connectivity index (χ0v) is 16.1. The van der Waals surface area contributed by atoms with Crippen molar-refractivity contribution >= 4 is 17.6 Å².